The van der Waals surface area contributed by atoms with Gasteiger partial charge in [-0.25, -0.2) is 0 Å². The predicted octanol–water partition coefficient (Wildman–Crippen LogP) is 1.38. The first kappa shape index (κ1) is 17.2. The molecule has 2 rings (SSSR count). The Morgan fingerprint density at radius 1 is 1.32 bits per heavy atom. The van der Waals surface area contributed by atoms with Crippen molar-refractivity contribution in [3.8, 4) is 0 Å². The SMILES string of the molecule is C[C@H](O)CN1CCN(C(=O)COCc2ccccc2Cl)CC1. The van der Waals surface area contributed by atoms with E-state index >= 15 is 0 Å². The zero-order valence-corrected chi connectivity index (χ0v) is 13.6. The first-order chi connectivity index (χ1) is 10.6. The Hall–Kier alpha value is -1.14. The van der Waals surface area contributed by atoms with E-state index in [2.05, 4.69) is 4.90 Å². The molecular formula is C16H23ClN2O3. The molecule has 1 aliphatic heterocycles. The van der Waals surface area contributed by atoms with E-state index in [1.165, 1.54) is 0 Å². The summed E-state index contributed by atoms with van der Waals surface area (Å²) in [6.07, 6.45) is -0.332. The molecule has 0 unspecified atom stereocenters. The fraction of sp³-hybridized carbons (Fsp3) is 0.562. The van der Waals surface area contributed by atoms with Crippen molar-refractivity contribution in [2.75, 3.05) is 39.3 Å². The third-order valence-electron chi connectivity index (χ3n) is 3.69. The molecule has 1 heterocycles. The number of benzene rings is 1. The van der Waals surface area contributed by atoms with Crippen molar-refractivity contribution in [3.05, 3.63) is 34.9 Å². The molecule has 1 aromatic carbocycles. The van der Waals surface area contributed by atoms with E-state index < -0.39 is 0 Å². The second-order valence-electron chi connectivity index (χ2n) is 5.61. The van der Waals surface area contributed by atoms with Crippen LogP contribution in [0, 0.1) is 0 Å². The van der Waals surface area contributed by atoms with E-state index in [-0.39, 0.29) is 18.6 Å². The largest absolute Gasteiger partial charge is 0.392 e. The number of carbonyl (C=O) groups excluding carboxylic acids is 1. The van der Waals surface area contributed by atoms with Crippen LogP contribution < -0.4 is 0 Å². The van der Waals surface area contributed by atoms with Crippen molar-refractivity contribution in [1.29, 1.82) is 0 Å². The Bertz CT molecular complexity index is 488. The highest BCUT2D eigenvalue weighted by molar-refractivity contribution is 6.31. The highest BCUT2D eigenvalue weighted by Gasteiger charge is 2.21. The van der Waals surface area contributed by atoms with Crippen molar-refractivity contribution in [2.45, 2.75) is 19.6 Å². The third kappa shape index (κ3) is 5.25. The summed E-state index contributed by atoms with van der Waals surface area (Å²) in [5.74, 6) is 0.00347. The zero-order chi connectivity index (χ0) is 15.9. The quantitative estimate of drug-likeness (QED) is 0.858. The molecule has 1 fully saturated rings. The Morgan fingerprint density at radius 3 is 2.64 bits per heavy atom. The van der Waals surface area contributed by atoms with Crippen LogP contribution in [0.1, 0.15) is 12.5 Å². The van der Waals surface area contributed by atoms with Gasteiger partial charge in [-0.1, -0.05) is 29.8 Å². The number of rotatable bonds is 6. The van der Waals surface area contributed by atoms with E-state index in [1.54, 1.807) is 6.92 Å². The molecule has 0 saturated carbocycles. The number of carbonyl (C=O) groups is 1. The van der Waals surface area contributed by atoms with Crippen molar-refractivity contribution < 1.29 is 14.6 Å². The number of ether oxygens (including phenoxy) is 1. The van der Waals surface area contributed by atoms with E-state index in [0.29, 0.717) is 31.3 Å². The van der Waals surface area contributed by atoms with Crippen LogP contribution in [-0.4, -0.2) is 66.2 Å². The van der Waals surface area contributed by atoms with E-state index in [1.807, 2.05) is 29.2 Å². The molecule has 6 heteroatoms. The highest BCUT2D eigenvalue weighted by atomic mass is 35.5. The second-order valence-corrected chi connectivity index (χ2v) is 6.02. The maximum absolute atomic E-state index is 12.1. The van der Waals surface area contributed by atoms with Gasteiger partial charge in [-0.05, 0) is 18.6 Å². The summed E-state index contributed by atoms with van der Waals surface area (Å²) in [5, 5.41) is 10.0. The Morgan fingerprint density at radius 2 is 2.00 bits per heavy atom. The number of aliphatic hydroxyl groups is 1. The first-order valence-corrected chi connectivity index (χ1v) is 7.93. The smallest absolute Gasteiger partial charge is 0.248 e. The van der Waals surface area contributed by atoms with Gasteiger partial charge in [0, 0.05) is 37.7 Å². The third-order valence-corrected chi connectivity index (χ3v) is 4.06. The number of β-amino-alcohol motifs (C(OH)–C–C–N with tert-alkyl or cyclic N) is 1. The zero-order valence-electron chi connectivity index (χ0n) is 12.9. The van der Waals surface area contributed by atoms with Crippen LogP contribution in [0.25, 0.3) is 0 Å². The highest BCUT2D eigenvalue weighted by Crippen LogP contribution is 2.15. The molecule has 1 aromatic rings. The first-order valence-electron chi connectivity index (χ1n) is 7.55. The average molecular weight is 327 g/mol. The van der Waals surface area contributed by atoms with Crippen LogP contribution in [0.2, 0.25) is 5.02 Å². The minimum Gasteiger partial charge on any atom is -0.392 e. The van der Waals surface area contributed by atoms with Crippen molar-refractivity contribution in [1.82, 2.24) is 9.80 Å². The van der Waals surface area contributed by atoms with Gasteiger partial charge in [0.25, 0.3) is 0 Å². The molecule has 1 saturated heterocycles. The molecule has 1 amide bonds. The van der Waals surface area contributed by atoms with Crippen molar-refractivity contribution in [2.24, 2.45) is 0 Å². The van der Waals surface area contributed by atoms with Crippen LogP contribution in [0.5, 0.6) is 0 Å². The summed E-state index contributed by atoms with van der Waals surface area (Å²) in [6, 6.07) is 7.46. The standard InChI is InChI=1S/C16H23ClN2O3/c1-13(20)10-18-6-8-19(9-7-18)16(21)12-22-11-14-4-2-3-5-15(14)17/h2-5,13,20H,6-12H2,1H3/t13-/m0/s1. The minimum atomic E-state index is -0.332. The van der Waals surface area contributed by atoms with E-state index in [0.717, 1.165) is 18.7 Å². The number of halogens is 1. The van der Waals surface area contributed by atoms with Crippen LogP contribution in [0.4, 0.5) is 0 Å². The average Bonchev–Trinajstić information content (AvgIpc) is 2.49. The van der Waals surface area contributed by atoms with E-state index in [9.17, 15) is 9.90 Å². The van der Waals surface area contributed by atoms with Crippen molar-refractivity contribution in [3.63, 3.8) is 0 Å². The van der Waals surface area contributed by atoms with Crippen LogP contribution in [0.3, 0.4) is 0 Å². The van der Waals surface area contributed by atoms with Crippen LogP contribution >= 0.6 is 11.6 Å². The van der Waals surface area contributed by atoms with Crippen molar-refractivity contribution >= 4 is 17.5 Å². The molecule has 5 nitrogen and oxygen atoms in total. The molecule has 0 radical (unpaired) electrons. The number of hydrogen-bond donors (Lipinski definition) is 1. The Kier molecular flexibility index (Phi) is 6.64. The van der Waals surface area contributed by atoms with Gasteiger partial charge in [0.2, 0.25) is 5.91 Å². The topological polar surface area (TPSA) is 53.0 Å². The van der Waals surface area contributed by atoms with Gasteiger partial charge in [-0.3, -0.25) is 9.69 Å². The summed E-state index contributed by atoms with van der Waals surface area (Å²) >= 11 is 6.04. The normalized spacial score (nSPS) is 17.5. The molecule has 0 spiro atoms. The van der Waals surface area contributed by atoms with Crippen LogP contribution in [0.15, 0.2) is 24.3 Å². The summed E-state index contributed by atoms with van der Waals surface area (Å²) in [7, 11) is 0. The van der Waals surface area contributed by atoms with Gasteiger partial charge in [-0.2, -0.15) is 0 Å². The fourth-order valence-electron chi connectivity index (χ4n) is 2.51. The van der Waals surface area contributed by atoms with Gasteiger partial charge >= 0.3 is 0 Å². The number of piperazine rings is 1. The molecule has 1 atom stereocenters. The summed E-state index contributed by atoms with van der Waals surface area (Å²) < 4.78 is 5.48. The maximum atomic E-state index is 12.1. The lowest BCUT2D eigenvalue weighted by Gasteiger charge is -2.35. The van der Waals surface area contributed by atoms with Gasteiger partial charge in [-0.15, -0.1) is 0 Å². The number of nitrogens with zero attached hydrogens (tertiary/aromatic N) is 2. The monoisotopic (exact) mass is 326 g/mol. The molecule has 22 heavy (non-hydrogen) atoms. The Labute approximate surface area is 136 Å². The number of amides is 1. The summed E-state index contributed by atoms with van der Waals surface area (Å²) in [6.45, 7) is 5.80. The molecule has 122 valence electrons. The van der Waals surface area contributed by atoms with Gasteiger partial charge in [0.05, 0.1) is 12.7 Å². The van der Waals surface area contributed by atoms with Gasteiger partial charge < -0.3 is 14.7 Å². The Balaban J connectivity index is 1.69. The fourth-order valence-corrected chi connectivity index (χ4v) is 2.70. The van der Waals surface area contributed by atoms with Gasteiger partial charge in [0.1, 0.15) is 6.61 Å². The summed E-state index contributed by atoms with van der Waals surface area (Å²) in [4.78, 5) is 16.1. The number of hydrogen-bond acceptors (Lipinski definition) is 4. The molecule has 0 aromatic heterocycles. The van der Waals surface area contributed by atoms with E-state index in [4.69, 9.17) is 16.3 Å². The number of aliphatic hydroxyl groups excluding tert-OH is 1. The van der Waals surface area contributed by atoms with Crippen LogP contribution in [-0.2, 0) is 16.1 Å². The lowest BCUT2D eigenvalue weighted by Crippen LogP contribution is -2.51. The molecule has 0 aliphatic carbocycles. The molecule has 1 aliphatic rings. The second kappa shape index (κ2) is 8.48. The summed E-state index contributed by atoms with van der Waals surface area (Å²) in [5.41, 5.74) is 0.888. The lowest BCUT2D eigenvalue weighted by molar-refractivity contribution is -0.138. The molecule has 1 N–H and O–H groups in total. The lowest BCUT2D eigenvalue weighted by atomic mass is 10.2. The molecular weight excluding hydrogens is 304 g/mol. The van der Waals surface area contributed by atoms with Gasteiger partial charge in [0.15, 0.2) is 0 Å². The minimum absolute atomic E-state index is 0.00347. The molecule has 0 bridgehead atoms. The maximum Gasteiger partial charge on any atom is 0.248 e. The predicted molar refractivity (Wildman–Crippen MR) is 85.8 cm³/mol.